The number of hydrogen-bond donors (Lipinski definition) is 3. The molecule has 1 aromatic heterocycles. The highest BCUT2D eigenvalue weighted by molar-refractivity contribution is 14.0. The van der Waals surface area contributed by atoms with E-state index in [0.717, 1.165) is 32.5 Å². The molecule has 1 aliphatic rings. The van der Waals surface area contributed by atoms with Gasteiger partial charge in [-0.1, -0.05) is 18.2 Å². The van der Waals surface area contributed by atoms with E-state index in [0.29, 0.717) is 29.3 Å². The lowest BCUT2D eigenvalue weighted by atomic mass is 10.0. The Morgan fingerprint density at radius 2 is 2.07 bits per heavy atom. The summed E-state index contributed by atoms with van der Waals surface area (Å²) in [7, 11) is -1.69. The molecule has 0 bridgehead atoms. The smallest absolute Gasteiger partial charge is 0.250 e. The third-order valence-corrected chi connectivity index (χ3v) is 6.97. The lowest BCUT2D eigenvalue weighted by Gasteiger charge is -2.33. The first-order chi connectivity index (χ1) is 12.4. The molecule has 1 aliphatic heterocycles. The zero-order chi connectivity index (χ0) is 19.0. The fourth-order valence-electron chi connectivity index (χ4n) is 2.86. The van der Waals surface area contributed by atoms with Crippen LogP contribution < -0.4 is 15.4 Å². The molecule has 7 nitrogen and oxygen atoms in total. The van der Waals surface area contributed by atoms with E-state index in [1.165, 1.54) is 16.9 Å². The van der Waals surface area contributed by atoms with Crippen LogP contribution in [0.4, 0.5) is 0 Å². The molecule has 2 heterocycles. The molecule has 0 aromatic carbocycles. The minimum atomic E-state index is -3.41. The van der Waals surface area contributed by atoms with E-state index in [2.05, 4.69) is 38.8 Å². The first-order valence-corrected chi connectivity index (χ1v) is 11.1. The zero-order valence-electron chi connectivity index (χ0n) is 15.9. The molecule has 0 aliphatic carbocycles. The van der Waals surface area contributed by atoms with Crippen LogP contribution in [-0.4, -0.2) is 65.1 Å². The first-order valence-electron chi connectivity index (χ1n) is 8.78. The van der Waals surface area contributed by atoms with Crippen molar-refractivity contribution in [3.63, 3.8) is 0 Å². The maximum Gasteiger partial charge on any atom is 0.250 e. The number of thiophene rings is 1. The van der Waals surface area contributed by atoms with Crippen molar-refractivity contribution in [1.29, 1.82) is 0 Å². The van der Waals surface area contributed by atoms with Crippen molar-refractivity contribution in [2.45, 2.75) is 30.0 Å². The molecule has 1 saturated heterocycles. The van der Waals surface area contributed by atoms with Gasteiger partial charge in [0.05, 0.1) is 0 Å². The number of halogens is 1. The van der Waals surface area contributed by atoms with Gasteiger partial charge in [-0.15, -0.1) is 35.3 Å². The topological polar surface area (TPSA) is 85.8 Å². The molecular formula is C17H30IN5O2S2. The average Bonchev–Trinajstić information content (AvgIpc) is 3.14. The predicted molar refractivity (Wildman–Crippen MR) is 124 cm³/mol. The van der Waals surface area contributed by atoms with Gasteiger partial charge in [0.25, 0.3) is 0 Å². The second kappa shape index (κ2) is 12.0. The monoisotopic (exact) mass is 527 g/mol. The van der Waals surface area contributed by atoms with Crippen molar-refractivity contribution in [3.05, 3.63) is 29.7 Å². The van der Waals surface area contributed by atoms with Gasteiger partial charge in [-0.2, -0.15) is 0 Å². The van der Waals surface area contributed by atoms with Crippen LogP contribution in [0.25, 0.3) is 0 Å². The Morgan fingerprint density at radius 1 is 1.37 bits per heavy atom. The number of likely N-dealkylation sites (tertiary alicyclic amines) is 1. The molecule has 0 atom stereocenters. The summed E-state index contributed by atoms with van der Waals surface area (Å²) in [6.45, 7) is 9.85. The van der Waals surface area contributed by atoms with E-state index in [1.54, 1.807) is 24.6 Å². The number of aliphatic imine (C=N–C) groups is 1. The molecule has 10 heteroatoms. The molecule has 1 aromatic rings. The fraction of sp³-hybridized carbons (Fsp3) is 0.588. The van der Waals surface area contributed by atoms with Gasteiger partial charge in [-0.25, -0.2) is 13.1 Å². The highest BCUT2D eigenvalue weighted by atomic mass is 127. The van der Waals surface area contributed by atoms with Crippen LogP contribution in [0.3, 0.4) is 0 Å². The van der Waals surface area contributed by atoms with Gasteiger partial charge >= 0.3 is 0 Å². The van der Waals surface area contributed by atoms with Gasteiger partial charge in [-0.3, -0.25) is 9.89 Å². The van der Waals surface area contributed by atoms with Crippen molar-refractivity contribution >= 4 is 51.3 Å². The van der Waals surface area contributed by atoms with Crippen LogP contribution in [0, 0.1) is 0 Å². The summed E-state index contributed by atoms with van der Waals surface area (Å²) in [5.41, 5.74) is 1.19. The summed E-state index contributed by atoms with van der Waals surface area (Å²) >= 11 is 1.21. The second-order valence-corrected chi connectivity index (χ2v) is 9.42. The van der Waals surface area contributed by atoms with Crippen LogP contribution in [0.2, 0.25) is 0 Å². The average molecular weight is 527 g/mol. The zero-order valence-corrected chi connectivity index (χ0v) is 19.9. The maximum atomic E-state index is 12.0. The normalized spacial score (nSPS) is 16.6. The van der Waals surface area contributed by atoms with Crippen molar-refractivity contribution in [1.82, 2.24) is 20.3 Å². The van der Waals surface area contributed by atoms with Crippen molar-refractivity contribution < 1.29 is 8.42 Å². The molecule has 2 rings (SSSR count). The Labute approximate surface area is 183 Å². The quantitative estimate of drug-likeness (QED) is 0.158. The summed E-state index contributed by atoms with van der Waals surface area (Å²) in [5.74, 6) is 0.707. The molecule has 0 spiro atoms. The summed E-state index contributed by atoms with van der Waals surface area (Å²) < 4.78 is 27.0. The molecular weight excluding hydrogens is 497 g/mol. The Morgan fingerprint density at radius 3 is 2.63 bits per heavy atom. The van der Waals surface area contributed by atoms with Gasteiger partial charge in [0, 0.05) is 45.8 Å². The Kier molecular flexibility index (Phi) is 10.8. The minimum absolute atomic E-state index is 0. The minimum Gasteiger partial charge on any atom is -0.355 e. The highest BCUT2D eigenvalue weighted by Gasteiger charge is 2.20. The van der Waals surface area contributed by atoms with Crippen LogP contribution in [0.1, 0.15) is 19.8 Å². The largest absolute Gasteiger partial charge is 0.355 e. The second-order valence-electron chi connectivity index (χ2n) is 6.48. The summed E-state index contributed by atoms with van der Waals surface area (Å²) in [6, 6.07) is 3.71. The lowest BCUT2D eigenvalue weighted by Crippen LogP contribution is -2.49. The van der Waals surface area contributed by atoms with Crippen LogP contribution in [0.5, 0.6) is 0 Å². The van der Waals surface area contributed by atoms with Gasteiger partial charge in [-0.05, 0) is 31.2 Å². The van der Waals surface area contributed by atoms with E-state index in [4.69, 9.17) is 0 Å². The van der Waals surface area contributed by atoms with E-state index in [9.17, 15) is 8.42 Å². The summed E-state index contributed by atoms with van der Waals surface area (Å²) in [6.07, 6.45) is 2.11. The highest BCUT2D eigenvalue weighted by Crippen LogP contribution is 2.14. The molecule has 0 radical (unpaired) electrons. The molecule has 3 N–H and O–H groups in total. The van der Waals surface area contributed by atoms with Gasteiger partial charge in [0.15, 0.2) is 5.96 Å². The van der Waals surface area contributed by atoms with Crippen LogP contribution >= 0.6 is 35.3 Å². The number of nitrogens with zero attached hydrogens (tertiary/aromatic N) is 2. The van der Waals surface area contributed by atoms with Crippen LogP contribution in [-0.2, 0) is 10.0 Å². The number of rotatable bonds is 8. The van der Waals surface area contributed by atoms with Gasteiger partial charge < -0.3 is 10.6 Å². The van der Waals surface area contributed by atoms with Crippen molar-refractivity contribution in [2.75, 3.05) is 39.8 Å². The molecule has 0 saturated carbocycles. The number of piperidine rings is 1. The lowest BCUT2D eigenvalue weighted by molar-refractivity contribution is 0.221. The van der Waals surface area contributed by atoms with Crippen molar-refractivity contribution in [2.24, 2.45) is 4.99 Å². The molecule has 0 amide bonds. The Bertz CT molecular complexity index is 699. The third-order valence-electron chi connectivity index (χ3n) is 4.12. The van der Waals surface area contributed by atoms with E-state index in [1.807, 2.05) is 0 Å². The number of sulfonamides is 1. The SMILES string of the molecule is C=C(C)CN1CCC(NC(=NC)NCCNS(=O)(=O)c2cccs2)CC1.I. The van der Waals surface area contributed by atoms with E-state index >= 15 is 0 Å². The number of hydrogen-bond acceptors (Lipinski definition) is 5. The number of nitrogens with one attached hydrogen (secondary N) is 3. The molecule has 27 heavy (non-hydrogen) atoms. The van der Waals surface area contributed by atoms with E-state index in [-0.39, 0.29) is 24.0 Å². The summed E-state index contributed by atoms with van der Waals surface area (Å²) in [5, 5.41) is 8.34. The summed E-state index contributed by atoms with van der Waals surface area (Å²) in [4.78, 5) is 6.64. The molecule has 1 fully saturated rings. The predicted octanol–water partition coefficient (Wildman–Crippen LogP) is 1.85. The Balaban J connectivity index is 0.00000364. The standard InChI is InChI=1S/C17H29N5O2S2.HI/c1-14(2)13-22-10-6-15(7-11-22)21-17(18-3)19-8-9-20-26(23,24)16-5-4-12-25-16;/h4-5,12,15,20H,1,6-11,13H2,2-3H3,(H2,18,19,21);1H. The maximum absolute atomic E-state index is 12.0. The fourth-order valence-corrected chi connectivity index (χ4v) is 4.93. The van der Waals surface area contributed by atoms with Gasteiger partial charge in [0.2, 0.25) is 10.0 Å². The first kappa shape index (κ1) is 24.3. The van der Waals surface area contributed by atoms with Gasteiger partial charge in [0.1, 0.15) is 4.21 Å². The van der Waals surface area contributed by atoms with Crippen LogP contribution in [0.15, 0.2) is 38.9 Å². The molecule has 154 valence electrons. The van der Waals surface area contributed by atoms with E-state index < -0.39 is 10.0 Å². The van der Waals surface area contributed by atoms with Crippen molar-refractivity contribution in [3.8, 4) is 0 Å². The Hall–Kier alpha value is -0.690. The third kappa shape index (κ3) is 8.46. The molecule has 0 unspecified atom stereocenters. The number of guanidine groups is 1.